The number of nitrogens with one attached hydrogen (secondary N) is 1. The molecule has 0 spiro atoms. The number of halogens is 1. The second-order valence-electron chi connectivity index (χ2n) is 9.40. The maximum atomic E-state index is 12.8. The number of alkyl halides is 1. The van der Waals surface area contributed by atoms with E-state index in [1.165, 1.54) is 83.5 Å². The molecule has 1 amide bonds. The van der Waals surface area contributed by atoms with Crippen LogP contribution in [-0.4, -0.2) is 16.3 Å². The van der Waals surface area contributed by atoms with Crippen LogP contribution in [0.15, 0.2) is 0 Å². The van der Waals surface area contributed by atoms with Gasteiger partial charge in [0.1, 0.15) is 0 Å². The number of rotatable bonds is 3. The number of amides is 1. The van der Waals surface area contributed by atoms with Gasteiger partial charge in [0.25, 0.3) is 0 Å². The van der Waals surface area contributed by atoms with E-state index in [1.54, 1.807) is 0 Å². The van der Waals surface area contributed by atoms with Crippen molar-refractivity contribution in [2.24, 2.45) is 17.3 Å². The Bertz CT molecular complexity index is 441. The molecule has 3 heteroatoms. The number of carbonyl (C=O) groups is 1. The molecule has 1 N–H and O–H groups in total. The molecular weight excluding hydrogens is 350 g/mol. The zero-order chi connectivity index (χ0) is 15.9. The van der Waals surface area contributed by atoms with Crippen molar-refractivity contribution < 1.29 is 4.79 Å². The van der Waals surface area contributed by atoms with Crippen LogP contribution in [0.5, 0.6) is 0 Å². The molecule has 0 aliphatic heterocycles. The molecule has 5 rings (SSSR count). The van der Waals surface area contributed by atoms with Gasteiger partial charge in [0, 0.05) is 16.8 Å². The Morgan fingerprint density at radius 3 is 2.17 bits per heavy atom. The molecule has 2 atom stereocenters. The van der Waals surface area contributed by atoms with Gasteiger partial charge in [-0.15, -0.1) is 0 Å². The van der Waals surface area contributed by atoms with Gasteiger partial charge in [-0.3, -0.25) is 4.79 Å². The second-order valence-corrected chi connectivity index (χ2v) is 11.1. The maximum Gasteiger partial charge on any atom is 0.220 e. The summed E-state index contributed by atoms with van der Waals surface area (Å²) in [6, 6.07) is 0.453. The first kappa shape index (κ1) is 16.4. The minimum Gasteiger partial charge on any atom is -0.353 e. The Hall–Kier alpha value is -0.0500. The fourth-order valence-corrected chi connectivity index (χ4v) is 8.27. The van der Waals surface area contributed by atoms with Gasteiger partial charge in [0.15, 0.2) is 0 Å². The number of hydrogen-bond acceptors (Lipinski definition) is 1. The second kappa shape index (κ2) is 6.35. The van der Waals surface area contributed by atoms with E-state index in [4.69, 9.17) is 0 Å². The molecular formula is C20H32BrNO. The smallest absolute Gasteiger partial charge is 0.220 e. The number of carbonyl (C=O) groups excluding carboxylic acids is 1. The Morgan fingerprint density at radius 1 is 0.957 bits per heavy atom. The minimum atomic E-state index is 0.319. The summed E-state index contributed by atoms with van der Waals surface area (Å²) in [5, 5.41) is 3.42. The molecule has 5 fully saturated rings. The maximum absolute atomic E-state index is 12.8. The summed E-state index contributed by atoms with van der Waals surface area (Å²) in [6.45, 7) is 0. The highest BCUT2D eigenvalue weighted by Crippen LogP contribution is 2.65. The average molecular weight is 382 g/mol. The van der Waals surface area contributed by atoms with Crippen molar-refractivity contribution in [3.8, 4) is 0 Å². The van der Waals surface area contributed by atoms with Crippen LogP contribution in [0.25, 0.3) is 0 Å². The first-order valence-corrected chi connectivity index (χ1v) is 10.8. The molecule has 23 heavy (non-hydrogen) atoms. The highest BCUT2D eigenvalue weighted by molar-refractivity contribution is 9.10. The van der Waals surface area contributed by atoms with Gasteiger partial charge in [-0.05, 0) is 68.6 Å². The normalized spacial score (nSPS) is 43.9. The van der Waals surface area contributed by atoms with Crippen LogP contribution in [-0.2, 0) is 4.79 Å². The van der Waals surface area contributed by atoms with E-state index < -0.39 is 0 Å². The predicted octanol–water partition coefficient (Wildman–Crippen LogP) is 5.34. The molecule has 0 aromatic carbocycles. The van der Waals surface area contributed by atoms with E-state index in [9.17, 15) is 4.79 Å². The molecule has 130 valence electrons. The highest BCUT2D eigenvalue weighted by Gasteiger charge is 2.57. The van der Waals surface area contributed by atoms with E-state index in [-0.39, 0.29) is 0 Å². The van der Waals surface area contributed by atoms with Crippen LogP contribution in [0, 0.1) is 17.3 Å². The lowest BCUT2D eigenvalue weighted by molar-refractivity contribution is -0.129. The molecule has 0 radical (unpaired) electrons. The van der Waals surface area contributed by atoms with Crippen molar-refractivity contribution in [1.82, 2.24) is 5.32 Å². The summed E-state index contributed by atoms with van der Waals surface area (Å²) in [5.74, 6) is 2.11. The summed E-state index contributed by atoms with van der Waals surface area (Å²) in [5.41, 5.74) is 0.319. The standard InChI is InChI=1S/C20H32BrNO/c21-20-11-15-8-16(12-20)10-19(9-15,14-20)13-18(23)22-17-6-4-2-1-3-5-7-17/h15-17H,1-14H2,(H,22,23)/t15-,16-,19?,20?/m0/s1. The van der Waals surface area contributed by atoms with Crippen LogP contribution in [0.2, 0.25) is 0 Å². The molecule has 5 saturated carbocycles. The topological polar surface area (TPSA) is 29.1 Å². The van der Waals surface area contributed by atoms with Crippen LogP contribution in [0.1, 0.15) is 89.9 Å². The minimum absolute atomic E-state index is 0.319. The van der Waals surface area contributed by atoms with E-state index in [1.807, 2.05) is 0 Å². The van der Waals surface area contributed by atoms with E-state index in [2.05, 4.69) is 21.2 Å². The van der Waals surface area contributed by atoms with Gasteiger partial charge in [-0.1, -0.05) is 48.0 Å². The van der Waals surface area contributed by atoms with Crippen molar-refractivity contribution in [3.63, 3.8) is 0 Å². The zero-order valence-electron chi connectivity index (χ0n) is 14.4. The Kier molecular flexibility index (Phi) is 4.53. The van der Waals surface area contributed by atoms with Gasteiger partial charge in [0.2, 0.25) is 5.91 Å². The zero-order valence-corrected chi connectivity index (χ0v) is 16.0. The van der Waals surface area contributed by atoms with Crippen molar-refractivity contribution in [2.45, 2.75) is 100 Å². The lowest BCUT2D eigenvalue weighted by atomic mass is 9.48. The third-order valence-corrected chi connectivity index (χ3v) is 8.04. The molecule has 0 aromatic rings. The summed E-state index contributed by atoms with van der Waals surface area (Å²) in [4.78, 5) is 12.8. The van der Waals surface area contributed by atoms with Gasteiger partial charge >= 0.3 is 0 Å². The molecule has 0 saturated heterocycles. The summed E-state index contributed by atoms with van der Waals surface area (Å²) < 4.78 is 0.373. The van der Waals surface area contributed by atoms with Gasteiger partial charge in [-0.2, -0.15) is 0 Å². The van der Waals surface area contributed by atoms with Crippen LogP contribution in [0.3, 0.4) is 0 Å². The first-order valence-electron chi connectivity index (χ1n) is 10.0. The van der Waals surface area contributed by atoms with Crippen molar-refractivity contribution in [3.05, 3.63) is 0 Å². The quantitative estimate of drug-likeness (QED) is 0.656. The third kappa shape index (κ3) is 3.65. The van der Waals surface area contributed by atoms with Crippen LogP contribution < -0.4 is 5.32 Å². The Balaban J connectivity index is 1.36. The molecule has 5 aliphatic rings. The molecule has 0 unspecified atom stereocenters. The fourth-order valence-electron chi connectivity index (χ4n) is 6.76. The van der Waals surface area contributed by atoms with Crippen LogP contribution in [0.4, 0.5) is 0 Å². The Labute approximate surface area is 149 Å². The van der Waals surface area contributed by atoms with Crippen LogP contribution >= 0.6 is 15.9 Å². The molecule has 4 bridgehead atoms. The molecule has 5 aliphatic carbocycles. The van der Waals surface area contributed by atoms with Crippen molar-refractivity contribution in [1.29, 1.82) is 0 Å². The van der Waals surface area contributed by atoms with Gasteiger partial charge in [0.05, 0.1) is 0 Å². The molecule has 0 heterocycles. The fraction of sp³-hybridized carbons (Fsp3) is 0.950. The summed E-state index contributed by atoms with van der Waals surface area (Å²) in [7, 11) is 0. The SMILES string of the molecule is O=C(CC12C[C@@H]3C[C@H](CC(Br)(C3)C1)C2)NC1CCCCCCC1. The van der Waals surface area contributed by atoms with E-state index >= 15 is 0 Å². The molecule has 2 nitrogen and oxygen atoms in total. The van der Waals surface area contributed by atoms with Crippen molar-refractivity contribution >= 4 is 21.8 Å². The number of hydrogen-bond donors (Lipinski definition) is 1. The third-order valence-electron chi connectivity index (χ3n) is 7.12. The highest BCUT2D eigenvalue weighted by atomic mass is 79.9. The average Bonchev–Trinajstić information content (AvgIpc) is 2.38. The lowest BCUT2D eigenvalue weighted by Gasteiger charge is -2.60. The van der Waals surface area contributed by atoms with Crippen molar-refractivity contribution in [2.75, 3.05) is 0 Å². The van der Waals surface area contributed by atoms with E-state index in [0.29, 0.717) is 21.7 Å². The molecule has 0 aromatic heterocycles. The Morgan fingerprint density at radius 2 is 1.57 bits per heavy atom. The monoisotopic (exact) mass is 381 g/mol. The first-order chi connectivity index (χ1) is 11.0. The largest absolute Gasteiger partial charge is 0.353 e. The summed E-state index contributed by atoms with van der Waals surface area (Å²) in [6.07, 6.45) is 17.9. The van der Waals surface area contributed by atoms with Gasteiger partial charge in [-0.25, -0.2) is 0 Å². The summed E-state index contributed by atoms with van der Waals surface area (Å²) >= 11 is 4.07. The van der Waals surface area contributed by atoms with E-state index in [0.717, 1.165) is 18.3 Å². The lowest BCUT2D eigenvalue weighted by Crippen LogP contribution is -2.54. The van der Waals surface area contributed by atoms with Gasteiger partial charge < -0.3 is 5.32 Å². The predicted molar refractivity (Wildman–Crippen MR) is 97.6 cm³/mol.